The van der Waals surface area contributed by atoms with Crippen molar-refractivity contribution in [3.8, 4) is 0 Å². The van der Waals surface area contributed by atoms with E-state index >= 15 is 8.78 Å². The lowest BCUT2D eigenvalue weighted by Gasteiger charge is -2.42. The fourth-order valence-corrected chi connectivity index (χ4v) is 5.25. The van der Waals surface area contributed by atoms with E-state index in [2.05, 4.69) is 15.4 Å². The zero-order valence-electron chi connectivity index (χ0n) is 19.7. The van der Waals surface area contributed by atoms with Gasteiger partial charge in [-0.1, -0.05) is 23.7 Å². The van der Waals surface area contributed by atoms with E-state index in [0.717, 1.165) is 11.1 Å². The fraction of sp³-hybridized carbons (Fsp3) is 0.333. The Morgan fingerprint density at radius 3 is 2.62 bits per heavy atom. The van der Waals surface area contributed by atoms with Crippen LogP contribution in [0.4, 0.5) is 24.8 Å². The van der Waals surface area contributed by atoms with Crippen LogP contribution in [-0.4, -0.2) is 63.0 Å². The highest BCUT2D eigenvalue weighted by Crippen LogP contribution is 2.45. The monoisotopic (exact) mass is 552 g/mol. The number of nitrogens with one attached hydrogen (secondary N) is 1. The van der Waals surface area contributed by atoms with Crippen molar-refractivity contribution in [1.29, 1.82) is 0 Å². The zero-order chi connectivity index (χ0) is 26.6. The predicted molar refractivity (Wildman–Crippen MR) is 132 cm³/mol. The normalized spacial score (nSPS) is 19.6. The lowest BCUT2D eigenvalue weighted by Crippen LogP contribution is -2.57. The molecule has 2 aliphatic rings. The average Bonchev–Trinajstić information content (AvgIpc) is 3.17. The molecule has 2 aromatic heterocycles. The molecule has 0 aliphatic carbocycles. The molecule has 0 unspecified atom stereocenters. The largest absolute Gasteiger partial charge is 0.361 e. The molecule has 37 heavy (non-hydrogen) atoms. The average molecular weight is 553 g/mol. The first-order valence-electron chi connectivity index (χ1n) is 11.3. The minimum atomic E-state index is -1.49. The highest BCUT2D eigenvalue weighted by Gasteiger charge is 2.47. The molecule has 4 heterocycles. The molecular weight excluding hydrogens is 532 g/mol. The number of fused-ring (bicyclic) bond motifs is 1. The second kappa shape index (κ2) is 9.21. The molecule has 1 fully saturated rings. The lowest BCUT2D eigenvalue weighted by atomic mass is 9.71. The molecular formula is C24H21Cl2F3N6O2. The van der Waals surface area contributed by atoms with Crippen molar-refractivity contribution >= 4 is 46.7 Å². The molecule has 0 spiro atoms. The summed E-state index contributed by atoms with van der Waals surface area (Å²) in [5.74, 6) is -3.95. The van der Waals surface area contributed by atoms with Crippen LogP contribution in [0.2, 0.25) is 5.02 Å². The maximum atomic E-state index is 16.1. The summed E-state index contributed by atoms with van der Waals surface area (Å²) in [5, 5.41) is 6.81. The van der Waals surface area contributed by atoms with E-state index in [-0.39, 0.29) is 57.7 Å². The van der Waals surface area contributed by atoms with Gasteiger partial charge in [0, 0.05) is 49.4 Å². The number of carbonyl (C=O) groups is 2. The van der Waals surface area contributed by atoms with Crippen LogP contribution in [0.25, 0.3) is 0 Å². The van der Waals surface area contributed by atoms with Crippen molar-refractivity contribution in [3.05, 3.63) is 69.8 Å². The molecule has 1 N–H and O–H groups in total. The Morgan fingerprint density at radius 1 is 1.24 bits per heavy atom. The van der Waals surface area contributed by atoms with Crippen LogP contribution in [0, 0.1) is 17.5 Å². The van der Waals surface area contributed by atoms with Crippen LogP contribution >= 0.6 is 23.2 Å². The van der Waals surface area contributed by atoms with Gasteiger partial charge in [-0.05, 0) is 13.0 Å². The van der Waals surface area contributed by atoms with Crippen LogP contribution in [0.5, 0.6) is 0 Å². The highest BCUT2D eigenvalue weighted by molar-refractivity contribution is 6.30. The predicted octanol–water partition coefficient (Wildman–Crippen LogP) is 3.71. The number of anilines is 2. The minimum absolute atomic E-state index is 0.0219. The molecule has 2 aliphatic heterocycles. The first kappa shape index (κ1) is 25.3. The summed E-state index contributed by atoms with van der Waals surface area (Å²) in [6.45, 7) is 1.84. The first-order chi connectivity index (χ1) is 17.5. The smallest absolute Gasteiger partial charge is 0.261 e. The highest BCUT2D eigenvalue weighted by atomic mass is 35.5. The number of hydrogen-bond donors (Lipinski definition) is 1. The van der Waals surface area contributed by atoms with E-state index in [0.29, 0.717) is 13.1 Å². The second-order valence-corrected chi connectivity index (χ2v) is 9.96. The molecule has 8 nitrogen and oxygen atoms in total. The number of carbonyl (C=O) groups excluding carboxylic acids is 2. The molecule has 13 heteroatoms. The van der Waals surface area contributed by atoms with Gasteiger partial charge in [-0.25, -0.2) is 18.2 Å². The van der Waals surface area contributed by atoms with E-state index in [9.17, 15) is 14.0 Å². The Labute approximate surface area is 220 Å². The van der Waals surface area contributed by atoms with E-state index in [1.165, 1.54) is 41.0 Å². The van der Waals surface area contributed by atoms with Crippen LogP contribution in [0.3, 0.4) is 0 Å². The number of rotatable bonds is 5. The maximum Gasteiger partial charge on any atom is 0.261 e. The van der Waals surface area contributed by atoms with Gasteiger partial charge < -0.3 is 10.2 Å². The van der Waals surface area contributed by atoms with Gasteiger partial charge in [0.05, 0.1) is 22.8 Å². The van der Waals surface area contributed by atoms with Gasteiger partial charge in [0.2, 0.25) is 5.91 Å². The van der Waals surface area contributed by atoms with Crippen molar-refractivity contribution in [1.82, 2.24) is 19.7 Å². The molecule has 1 aromatic carbocycles. The number of likely N-dealkylation sites (tertiary alicyclic amines) is 1. The number of halogens is 5. The molecule has 1 atom stereocenters. The Hall–Kier alpha value is -3.31. The van der Waals surface area contributed by atoms with Crippen LogP contribution < -0.4 is 10.2 Å². The van der Waals surface area contributed by atoms with Gasteiger partial charge in [0.1, 0.15) is 11.7 Å². The van der Waals surface area contributed by atoms with Crippen molar-refractivity contribution in [3.63, 3.8) is 0 Å². The quantitative estimate of drug-likeness (QED) is 0.488. The van der Waals surface area contributed by atoms with Crippen LogP contribution in [-0.2, 0) is 17.3 Å². The second-order valence-electron chi connectivity index (χ2n) is 9.28. The number of pyridine rings is 1. The Balaban J connectivity index is 1.62. The number of alkyl halides is 1. The van der Waals surface area contributed by atoms with Gasteiger partial charge in [-0.2, -0.15) is 5.10 Å². The Kier molecular flexibility index (Phi) is 6.31. The summed E-state index contributed by atoms with van der Waals surface area (Å²) < 4.78 is 47.4. The first-order valence-corrected chi connectivity index (χ1v) is 12.2. The van der Waals surface area contributed by atoms with Gasteiger partial charge in [0.25, 0.3) is 5.91 Å². The zero-order valence-corrected chi connectivity index (χ0v) is 21.2. The summed E-state index contributed by atoms with van der Waals surface area (Å²) in [4.78, 5) is 31.8. The van der Waals surface area contributed by atoms with Gasteiger partial charge in [0.15, 0.2) is 23.3 Å². The van der Waals surface area contributed by atoms with Crippen molar-refractivity contribution in [2.75, 3.05) is 35.7 Å². The Morgan fingerprint density at radius 2 is 1.97 bits per heavy atom. The third kappa shape index (κ3) is 4.10. The molecule has 0 radical (unpaired) electrons. The topological polar surface area (TPSA) is 83.4 Å². The molecule has 1 saturated heterocycles. The number of nitrogens with zero attached hydrogens (tertiary/aromatic N) is 5. The SMILES string of the molecule is Cn1cc(F)c(N2C[C@](C)(c3cccc(Cl)c3F)c3c(cnc(NC4CN(C(=O)CCl)C4)c3F)C2=O)n1. The summed E-state index contributed by atoms with van der Waals surface area (Å²) in [6, 6.07) is 4.03. The third-order valence-corrected chi connectivity index (χ3v) is 7.30. The molecule has 3 aromatic rings. The number of aromatic nitrogens is 3. The van der Waals surface area contributed by atoms with E-state index < -0.39 is 28.8 Å². The van der Waals surface area contributed by atoms with Crippen molar-refractivity contribution in [2.45, 2.75) is 18.4 Å². The maximum absolute atomic E-state index is 16.1. The summed E-state index contributed by atoms with van der Waals surface area (Å²) in [6.07, 6.45) is 2.27. The lowest BCUT2D eigenvalue weighted by molar-refractivity contribution is -0.132. The van der Waals surface area contributed by atoms with Crippen LogP contribution in [0.1, 0.15) is 28.4 Å². The summed E-state index contributed by atoms with van der Waals surface area (Å²) in [7, 11) is 1.49. The molecule has 0 saturated carbocycles. The minimum Gasteiger partial charge on any atom is -0.361 e. The fourth-order valence-electron chi connectivity index (χ4n) is 4.90. The van der Waals surface area contributed by atoms with Gasteiger partial charge in [-0.15, -0.1) is 11.6 Å². The number of aryl methyl sites for hydroxylation is 1. The van der Waals surface area contributed by atoms with Gasteiger partial charge >= 0.3 is 0 Å². The van der Waals surface area contributed by atoms with E-state index in [1.54, 1.807) is 6.92 Å². The standard InChI is InChI=1S/C24H21Cl2F3N6O2/c1-24(14-4-3-5-15(26)19(14)28)11-35(22-16(27)10-33(2)32-22)23(37)13-7-30-21(20(29)18(13)24)31-12-8-34(9-12)17(36)6-25/h3-5,7,10,12H,6,8-9,11H2,1-2H3,(H,30,31)/t24-/m1/s1. The van der Waals surface area contributed by atoms with Crippen LogP contribution in [0.15, 0.2) is 30.6 Å². The van der Waals surface area contributed by atoms with E-state index in [1.807, 2.05) is 0 Å². The van der Waals surface area contributed by atoms with Crippen molar-refractivity contribution < 1.29 is 22.8 Å². The number of amides is 2. The van der Waals surface area contributed by atoms with Gasteiger partial charge in [-0.3, -0.25) is 19.2 Å². The molecule has 194 valence electrons. The number of benzene rings is 1. The third-order valence-electron chi connectivity index (χ3n) is 6.78. The number of hydrogen-bond acceptors (Lipinski definition) is 5. The summed E-state index contributed by atoms with van der Waals surface area (Å²) in [5.41, 5.74) is -1.73. The Bertz CT molecular complexity index is 1430. The molecule has 0 bridgehead atoms. The van der Waals surface area contributed by atoms with E-state index in [4.69, 9.17) is 23.2 Å². The molecule has 5 rings (SSSR count). The summed E-state index contributed by atoms with van der Waals surface area (Å²) >= 11 is 11.6. The van der Waals surface area contributed by atoms with Crippen molar-refractivity contribution in [2.24, 2.45) is 7.05 Å². The molecule has 2 amide bonds.